The predicted octanol–water partition coefficient (Wildman–Crippen LogP) is 12.3. The van der Waals surface area contributed by atoms with Crippen LogP contribution in [-0.2, 0) is 0 Å². The van der Waals surface area contributed by atoms with E-state index in [0.29, 0.717) is 0 Å². The van der Waals surface area contributed by atoms with Gasteiger partial charge in [0.25, 0.3) is 0 Å². The van der Waals surface area contributed by atoms with Crippen molar-refractivity contribution in [3.05, 3.63) is 0 Å². The third-order valence-corrected chi connectivity index (χ3v) is 11.2. The van der Waals surface area contributed by atoms with Crippen LogP contribution in [0.15, 0.2) is 0 Å². The lowest BCUT2D eigenvalue weighted by Gasteiger charge is -2.32. The van der Waals surface area contributed by atoms with Gasteiger partial charge < -0.3 is 15.1 Å². The van der Waals surface area contributed by atoms with E-state index in [-0.39, 0.29) is 0 Å². The van der Waals surface area contributed by atoms with E-state index >= 15 is 0 Å². The molecule has 0 aromatic heterocycles. The van der Waals surface area contributed by atoms with E-state index < -0.39 is 0 Å². The van der Waals surface area contributed by atoms with E-state index in [0.717, 1.165) is 0 Å². The maximum Gasteiger partial charge on any atom is 0.0110 e. The van der Waals surface area contributed by atoms with Gasteiger partial charge in [0.15, 0.2) is 0 Å². The molecule has 1 rings (SSSR count). The molecule has 288 valence electrons. The maximum absolute atomic E-state index is 3.54. The minimum atomic E-state index is 1.17. The highest BCUT2D eigenvalue weighted by Crippen LogP contribution is 2.14. The molecule has 1 heterocycles. The highest BCUT2D eigenvalue weighted by Gasteiger charge is 2.14. The van der Waals surface area contributed by atoms with Gasteiger partial charge in [0, 0.05) is 52.4 Å². The minimum absolute atomic E-state index is 1.17. The van der Waals surface area contributed by atoms with Crippen LogP contribution in [0.5, 0.6) is 0 Å². The Morgan fingerprint density at radius 1 is 0.333 bits per heavy atom. The molecule has 0 radical (unpaired) electrons. The first-order chi connectivity index (χ1) is 23.8. The molecule has 0 unspecified atom stereocenters. The fourth-order valence-electron chi connectivity index (χ4n) is 7.64. The fourth-order valence-corrected chi connectivity index (χ4v) is 7.64. The van der Waals surface area contributed by atoms with Gasteiger partial charge in [-0.25, -0.2) is 0 Å². The van der Waals surface area contributed by atoms with Crippen molar-refractivity contribution >= 4 is 0 Å². The van der Waals surface area contributed by atoms with Gasteiger partial charge in [0.05, 0.1) is 0 Å². The quantitative estimate of drug-likeness (QED) is 0.0654. The Balaban J connectivity index is 2.44. The molecule has 0 saturated carbocycles. The molecule has 48 heavy (non-hydrogen) atoms. The molecule has 0 atom stereocenters. The Bertz CT molecular complexity index is 568. The first-order valence-corrected chi connectivity index (χ1v) is 22.7. The predicted molar refractivity (Wildman–Crippen MR) is 218 cm³/mol. The van der Waals surface area contributed by atoms with Crippen molar-refractivity contribution in [2.45, 2.75) is 213 Å². The molecule has 0 aromatic carbocycles. The summed E-state index contributed by atoms with van der Waals surface area (Å²) in [6.07, 6.45) is 43.2. The van der Waals surface area contributed by atoms with Gasteiger partial charge in [0.2, 0.25) is 0 Å². The van der Waals surface area contributed by atoms with Crippen molar-refractivity contribution in [3.63, 3.8) is 0 Å². The highest BCUT2D eigenvalue weighted by atomic mass is 15.2. The molecule has 4 heteroatoms. The van der Waals surface area contributed by atoms with Crippen molar-refractivity contribution in [2.75, 3.05) is 72.0 Å². The van der Waals surface area contributed by atoms with Crippen LogP contribution < -0.4 is 5.32 Å². The topological polar surface area (TPSA) is 21.8 Å². The zero-order valence-electron chi connectivity index (χ0n) is 33.8. The van der Waals surface area contributed by atoms with Crippen LogP contribution in [-0.4, -0.2) is 86.7 Å². The lowest BCUT2D eigenvalue weighted by molar-refractivity contribution is 0.163. The molecular formula is C44H92N4. The lowest BCUT2D eigenvalue weighted by Crippen LogP contribution is -2.47. The van der Waals surface area contributed by atoms with Crippen molar-refractivity contribution in [1.29, 1.82) is 0 Å². The molecule has 1 saturated heterocycles. The van der Waals surface area contributed by atoms with E-state index in [9.17, 15) is 0 Å². The van der Waals surface area contributed by atoms with Crippen molar-refractivity contribution in [3.8, 4) is 0 Å². The Kier molecular flexibility index (Phi) is 36.4. The average Bonchev–Trinajstić information content (AvgIpc) is 3.11. The van der Waals surface area contributed by atoms with Crippen LogP contribution in [0.1, 0.15) is 213 Å². The smallest absolute Gasteiger partial charge is 0.0110 e. The van der Waals surface area contributed by atoms with Crippen molar-refractivity contribution in [1.82, 2.24) is 20.0 Å². The van der Waals surface area contributed by atoms with E-state index in [1.807, 2.05) is 0 Å². The normalized spacial score (nSPS) is 14.2. The monoisotopic (exact) mass is 677 g/mol. The maximum atomic E-state index is 3.54. The molecule has 1 aliphatic heterocycles. The number of piperazine rings is 1. The molecule has 0 aromatic rings. The van der Waals surface area contributed by atoms with Crippen LogP contribution in [0.2, 0.25) is 0 Å². The first kappa shape index (κ1) is 45.9. The third-order valence-electron chi connectivity index (χ3n) is 11.2. The molecule has 1 fully saturated rings. The molecule has 4 nitrogen and oxygen atoms in total. The first-order valence-electron chi connectivity index (χ1n) is 22.7. The van der Waals surface area contributed by atoms with Gasteiger partial charge in [0.1, 0.15) is 0 Å². The van der Waals surface area contributed by atoms with E-state index in [2.05, 4.69) is 40.8 Å². The van der Waals surface area contributed by atoms with E-state index in [1.54, 1.807) is 0 Å². The summed E-state index contributed by atoms with van der Waals surface area (Å²) >= 11 is 0. The van der Waals surface area contributed by atoms with Crippen LogP contribution in [0.3, 0.4) is 0 Å². The summed E-state index contributed by atoms with van der Waals surface area (Å²) in [6.45, 7) is 20.8. The second-order valence-corrected chi connectivity index (χ2v) is 15.8. The zero-order chi connectivity index (χ0) is 34.4. The Labute approximate surface area is 304 Å². The molecule has 0 spiro atoms. The summed E-state index contributed by atoms with van der Waals surface area (Å²) in [5.41, 5.74) is 0. The second kappa shape index (κ2) is 38.1. The SMILES string of the molecule is CCCCCCCCCCCCN(CCCCCCCCCCCC)CCN(CCCCCCCCCCCC)CCN1CCNCC1. The average molecular weight is 677 g/mol. The van der Waals surface area contributed by atoms with Crippen LogP contribution in [0, 0.1) is 0 Å². The van der Waals surface area contributed by atoms with E-state index in [1.165, 1.54) is 265 Å². The summed E-state index contributed by atoms with van der Waals surface area (Å²) in [4.78, 5) is 8.44. The standard InChI is InChI=1S/C44H92N4/c1-4-7-10-13-16-19-22-25-28-31-36-46(37-32-29-26-23-20-17-14-11-8-5-2)41-42-47(43-44-48-39-34-45-35-40-48)38-33-30-27-24-21-18-15-12-9-6-3/h45H,4-44H2,1-3H3. The number of unbranched alkanes of at least 4 members (excludes halogenated alkanes) is 27. The Morgan fingerprint density at radius 2 is 0.604 bits per heavy atom. The number of rotatable bonds is 39. The number of hydrogen-bond donors (Lipinski definition) is 1. The van der Waals surface area contributed by atoms with Crippen molar-refractivity contribution in [2.24, 2.45) is 0 Å². The van der Waals surface area contributed by atoms with Gasteiger partial charge in [-0.2, -0.15) is 0 Å². The summed E-state index contributed by atoms with van der Waals surface area (Å²) in [6, 6.07) is 0. The van der Waals surface area contributed by atoms with Crippen LogP contribution in [0.25, 0.3) is 0 Å². The molecule has 0 bridgehead atoms. The summed E-state index contributed by atoms with van der Waals surface area (Å²) in [5.74, 6) is 0. The van der Waals surface area contributed by atoms with Gasteiger partial charge in [-0.1, -0.05) is 194 Å². The summed E-state index contributed by atoms with van der Waals surface area (Å²) in [5, 5.41) is 3.54. The molecule has 0 amide bonds. The minimum Gasteiger partial charge on any atom is -0.314 e. The summed E-state index contributed by atoms with van der Waals surface area (Å²) in [7, 11) is 0. The number of hydrogen-bond acceptors (Lipinski definition) is 4. The summed E-state index contributed by atoms with van der Waals surface area (Å²) < 4.78 is 0. The fraction of sp³-hybridized carbons (Fsp3) is 1.00. The largest absolute Gasteiger partial charge is 0.314 e. The second-order valence-electron chi connectivity index (χ2n) is 15.8. The Hall–Kier alpha value is -0.160. The third kappa shape index (κ3) is 31.8. The molecule has 0 aliphatic carbocycles. The van der Waals surface area contributed by atoms with Crippen molar-refractivity contribution < 1.29 is 0 Å². The molecule has 1 aliphatic rings. The zero-order valence-corrected chi connectivity index (χ0v) is 33.8. The molecule has 1 N–H and O–H groups in total. The highest BCUT2D eigenvalue weighted by molar-refractivity contribution is 4.71. The number of nitrogens with zero attached hydrogens (tertiary/aromatic N) is 3. The van der Waals surface area contributed by atoms with Gasteiger partial charge in [-0.15, -0.1) is 0 Å². The lowest BCUT2D eigenvalue weighted by atomic mass is 10.1. The van der Waals surface area contributed by atoms with Crippen LogP contribution in [0.4, 0.5) is 0 Å². The van der Waals surface area contributed by atoms with Gasteiger partial charge in [-0.3, -0.25) is 4.90 Å². The van der Waals surface area contributed by atoms with Gasteiger partial charge in [-0.05, 0) is 38.9 Å². The van der Waals surface area contributed by atoms with E-state index in [4.69, 9.17) is 0 Å². The Morgan fingerprint density at radius 3 is 0.917 bits per heavy atom. The number of nitrogens with one attached hydrogen (secondary N) is 1. The molecular weight excluding hydrogens is 585 g/mol. The van der Waals surface area contributed by atoms with Crippen LogP contribution >= 0.6 is 0 Å². The van der Waals surface area contributed by atoms with Gasteiger partial charge >= 0.3 is 0 Å².